The summed E-state index contributed by atoms with van der Waals surface area (Å²) in [6.45, 7) is 3.12. The van der Waals surface area contributed by atoms with E-state index in [0.717, 1.165) is 0 Å². The number of aromatic nitrogens is 1. The van der Waals surface area contributed by atoms with E-state index in [1.807, 2.05) is 0 Å². The van der Waals surface area contributed by atoms with E-state index in [9.17, 15) is 14.4 Å². The van der Waals surface area contributed by atoms with Crippen LogP contribution in [0.2, 0.25) is 0 Å². The van der Waals surface area contributed by atoms with Gasteiger partial charge >= 0.3 is 5.97 Å². The van der Waals surface area contributed by atoms with Crippen LogP contribution in [-0.4, -0.2) is 16.9 Å². The average molecular weight is 286 g/mol. The molecule has 0 fully saturated rings. The average Bonchev–Trinajstić information content (AvgIpc) is 2.40. The summed E-state index contributed by atoms with van der Waals surface area (Å²) in [7, 11) is 0. The third-order valence-electron chi connectivity index (χ3n) is 2.66. The van der Waals surface area contributed by atoms with Crippen molar-refractivity contribution in [1.82, 2.24) is 4.98 Å². The number of carbonyl (C=O) groups is 2. The number of amides is 1. The van der Waals surface area contributed by atoms with Crippen molar-refractivity contribution in [1.29, 1.82) is 0 Å². The SMILES string of the molecule is CC(=O)Nc1ccc(OC(=O)c2ccc(C)[nH]c2=O)cc1. The molecule has 1 amide bonds. The number of esters is 1. The lowest BCUT2D eigenvalue weighted by molar-refractivity contribution is -0.114. The zero-order valence-electron chi connectivity index (χ0n) is 11.6. The highest BCUT2D eigenvalue weighted by molar-refractivity contribution is 5.91. The zero-order chi connectivity index (χ0) is 15.4. The fraction of sp³-hybridized carbons (Fsp3) is 0.133. The quantitative estimate of drug-likeness (QED) is 0.666. The molecule has 6 nitrogen and oxygen atoms in total. The van der Waals surface area contributed by atoms with Gasteiger partial charge in [-0.15, -0.1) is 0 Å². The Morgan fingerprint density at radius 1 is 1.10 bits per heavy atom. The van der Waals surface area contributed by atoms with Gasteiger partial charge in [-0.05, 0) is 43.3 Å². The minimum Gasteiger partial charge on any atom is -0.423 e. The van der Waals surface area contributed by atoms with Gasteiger partial charge in [0.25, 0.3) is 5.56 Å². The molecule has 0 radical (unpaired) electrons. The first-order valence-electron chi connectivity index (χ1n) is 6.25. The highest BCUT2D eigenvalue weighted by Gasteiger charge is 2.13. The predicted molar refractivity (Wildman–Crippen MR) is 77.5 cm³/mol. The van der Waals surface area contributed by atoms with Crippen LogP contribution in [0.25, 0.3) is 0 Å². The molecule has 21 heavy (non-hydrogen) atoms. The Morgan fingerprint density at radius 3 is 2.33 bits per heavy atom. The summed E-state index contributed by atoms with van der Waals surface area (Å²) < 4.78 is 5.11. The van der Waals surface area contributed by atoms with Gasteiger partial charge in [0.2, 0.25) is 5.91 Å². The number of rotatable bonds is 3. The Hall–Kier alpha value is -2.89. The van der Waals surface area contributed by atoms with E-state index in [4.69, 9.17) is 4.74 Å². The van der Waals surface area contributed by atoms with E-state index in [0.29, 0.717) is 11.4 Å². The smallest absolute Gasteiger partial charge is 0.349 e. The van der Waals surface area contributed by atoms with Crippen molar-refractivity contribution >= 4 is 17.6 Å². The third kappa shape index (κ3) is 3.79. The molecule has 0 aliphatic heterocycles. The van der Waals surface area contributed by atoms with Crippen molar-refractivity contribution in [3.8, 4) is 5.75 Å². The monoisotopic (exact) mass is 286 g/mol. The lowest BCUT2D eigenvalue weighted by Crippen LogP contribution is -2.21. The second-order valence-electron chi connectivity index (χ2n) is 4.48. The van der Waals surface area contributed by atoms with E-state index < -0.39 is 11.5 Å². The normalized spacial score (nSPS) is 10.0. The molecule has 0 unspecified atom stereocenters. The van der Waals surface area contributed by atoms with Gasteiger partial charge in [0.05, 0.1) is 0 Å². The van der Waals surface area contributed by atoms with E-state index >= 15 is 0 Å². The number of H-pyrrole nitrogens is 1. The zero-order valence-corrected chi connectivity index (χ0v) is 11.6. The minimum atomic E-state index is -0.733. The first-order chi connectivity index (χ1) is 9.95. The molecule has 6 heteroatoms. The molecule has 0 aliphatic carbocycles. The van der Waals surface area contributed by atoms with Gasteiger partial charge in [-0.2, -0.15) is 0 Å². The van der Waals surface area contributed by atoms with Crippen LogP contribution in [0.1, 0.15) is 23.0 Å². The van der Waals surface area contributed by atoms with Gasteiger partial charge in [-0.3, -0.25) is 9.59 Å². The molecule has 2 N–H and O–H groups in total. The number of aromatic amines is 1. The Bertz CT molecular complexity index is 732. The maximum Gasteiger partial charge on any atom is 0.349 e. The van der Waals surface area contributed by atoms with Crippen LogP contribution < -0.4 is 15.6 Å². The van der Waals surface area contributed by atoms with Crippen molar-refractivity contribution in [3.05, 3.63) is 58.0 Å². The van der Waals surface area contributed by atoms with Gasteiger partial charge in [0, 0.05) is 18.3 Å². The van der Waals surface area contributed by atoms with Gasteiger partial charge in [-0.25, -0.2) is 4.79 Å². The van der Waals surface area contributed by atoms with Crippen molar-refractivity contribution in [2.45, 2.75) is 13.8 Å². The van der Waals surface area contributed by atoms with E-state index in [1.54, 1.807) is 25.1 Å². The molecule has 1 aromatic carbocycles. The maximum absolute atomic E-state index is 11.9. The van der Waals surface area contributed by atoms with Crippen molar-refractivity contribution in [2.24, 2.45) is 0 Å². The first kappa shape index (κ1) is 14.5. The van der Waals surface area contributed by atoms with Crippen molar-refractivity contribution in [2.75, 3.05) is 5.32 Å². The molecule has 1 heterocycles. The molecule has 2 rings (SSSR count). The van der Waals surface area contributed by atoms with Gasteiger partial charge in [0.15, 0.2) is 0 Å². The van der Waals surface area contributed by atoms with E-state index in [-0.39, 0.29) is 17.2 Å². The first-order valence-corrected chi connectivity index (χ1v) is 6.25. The van der Waals surface area contributed by atoms with Crippen LogP contribution in [0.15, 0.2) is 41.2 Å². The summed E-state index contributed by atoms with van der Waals surface area (Å²) in [6, 6.07) is 9.31. The van der Waals surface area contributed by atoms with Gasteiger partial charge in [0.1, 0.15) is 11.3 Å². The molecule has 0 spiro atoms. The minimum absolute atomic E-state index is 0.0634. The second-order valence-corrected chi connectivity index (χ2v) is 4.48. The summed E-state index contributed by atoms with van der Waals surface area (Å²) in [5.74, 6) is -0.636. The largest absolute Gasteiger partial charge is 0.423 e. The van der Waals surface area contributed by atoms with E-state index in [2.05, 4.69) is 10.3 Å². The number of pyridine rings is 1. The fourth-order valence-electron chi connectivity index (χ4n) is 1.70. The standard InChI is InChI=1S/C15H14N2O4/c1-9-3-8-13(14(19)16-9)15(20)21-12-6-4-11(5-7-12)17-10(2)18/h3-8H,1-2H3,(H,16,19)(H,17,18). The molecule has 0 atom stereocenters. The summed E-state index contributed by atoms with van der Waals surface area (Å²) >= 11 is 0. The van der Waals surface area contributed by atoms with Crippen LogP contribution in [0.3, 0.4) is 0 Å². The number of aryl methyl sites for hydroxylation is 1. The van der Waals surface area contributed by atoms with Gasteiger partial charge in [-0.1, -0.05) is 0 Å². The highest BCUT2D eigenvalue weighted by atomic mass is 16.5. The number of benzene rings is 1. The fourth-order valence-corrected chi connectivity index (χ4v) is 1.70. The van der Waals surface area contributed by atoms with Crippen LogP contribution >= 0.6 is 0 Å². The topological polar surface area (TPSA) is 88.3 Å². The van der Waals surface area contributed by atoms with E-state index in [1.165, 1.54) is 25.1 Å². The molecular weight excluding hydrogens is 272 g/mol. The Labute approximate surface area is 120 Å². The Morgan fingerprint density at radius 2 is 1.76 bits per heavy atom. The molecule has 0 aliphatic rings. The number of nitrogens with one attached hydrogen (secondary N) is 2. The lowest BCUT2D eigenvalue weighted by atomic mass is 10.2. The second kappa shape index (κ2) is 6.04. The summed E-state index contributed by atoms with van der Waals surface area (Å²) in [5, 5.41) is 2.60. The number of anilines is 1. The molecule has 0 saturated heterocycles. The van der Waals surface area contributed by atoms with Crippen LogP contribution in [0.5, 0.6) is 5.75 Å². The molecule has 1 aromatic heterocycles. The van der Waals surface area contributed by atoms with Crippen LogP contribution in [-0.2, 0) is 4.79 Å². The number of hydrogen-bond donors (Lipinski definition) is 2. The number of carbonyl (C=O) groups excluding carboxylic acids is 2. The molecule has 0 bridgehead atoms. The summed E-state index contributed by atoms with van der Waals surface area (Å²) in [6.07, 6.45) is 0. The highest BCUT2D eigenvalue weighted by Crippen LogP contribution is 2.16. The predicted octanol–water partition coefficient (Wildman–Crippen LogP) is 1.86. The molecular formula is C15H14N2O4. The van der Waals surface area contributed by atoms with Crippen LogP contribution in [0.4, 0.5) is 5.69 Å². The number of hydrogen-bond acceptors (Lipinski definition) is 4. The lowest BCUT2D eigenvalue weighted by Gasteiger charge is -2.06. The number of ether oxygens (including phenoxy) is 1. The molecule has 0 saturated carbocycles. The summed E-state index contributed by atoms with van der Waals surface area (Å²) in [5.41, 5.74) is 0.702. The summed E-state index contributed by atoms with van der Waals surface area (Å²) in [4.78, 5) is 37.0. The molecule has 108 valence electrons. The van der Waals surface area contributed by atoms with Crippen molar-refractivity contribution < 1.29 is 14.3 Å². The van der Waals surface area contributed by atoms with Crippen LogP contribution in [0, 0.1) is 6.92 Å². The maximum atomic E-state index is 11.9. The Balaban J connectivity index is 2.12. The van der Waals surface area contributed by atoms with Crippen molar-refractivity contribution in [3.63, 3.8) is 0 Å². The Kier molecular flexibility index (Phi) is 4.18. The third-order valence-corrected chi connectivity index (χ3v) is 2.66. The molecule has 2 aromatic rings. The van der Waals surface area contributed by atoms with Gasteiger partial charge < -0.3 is 15.0 Å².